The number of nitrogens with zero attached hydrogens (tertiary/aromatic N) is 1. The van der Waals surface area contributed by atoms with Crippen LogP contribution in [0.3, 0.4) is 0 Å². The summed E-state index contributed by atoms with van der Waals surface area (Å²) < 4.78 is 0.929. The fraction of sp³-hybridized carbons (Fsp3) is 0.500. The molecule has 0 aromatic carbocycles. The van der Waals surface area contributed by atoms with Gasteiger partial charge in [-0.3, -0.25) is 4.48 Å². The Morgan fingerprint density at radius 1 is 1.33 bits per heavy atom. The van der Waals surface area contributed by atoms with E-state index < -0.39 is 0 Å². The van der Waals surface area contributed by atoms with Crippen LogP contribution in [0.2, 0.25) is 0 Å². The van der Waals surface area contributed by atoms with Gasteiger partial charge in [-0.05, 0) is 6.58 Å². The largest absolute Gasteiger partial charge is 0.296 e. The Bertz CT molecular complexity index is 165. The van der Waals surface area contributed by atoms with Gasteiger partial charge in [-0.15, -0.1) is 0 Å². The van der Waals surface area contributed by atoms with Crippen LogP contribution in [0.5, 0.6) is 0 Å². The molecule has 0 bridgehead atoms. The van der Waals surface area contributed by atoms with Gasteiger partial charge < -0.3 is 0 Å². The smallest absolute Gasteiger partial charge is 0.128 e. The molecule has 0 aromatic rings. The Morgan fingerprint density at radius 2 is 1.89 bits per heavy atom. The van der Waals surface area contributed by atoms with Crippen LogP contribution in [0, 0.1) is 0 Å². The molecule has 1 heteroatoms. The van der Waals surface area contributed by atoms with Gasteiger partial charge in [0.25, 0.3) is 0 Å². The van der Waals surface area contributed by atoms with Gasteiger partial charge in [-0.2, -0.15) is 0 Å². The first kappa shape index (κ1) is 6.56. The quantitative estimate of drug-likeness (QED) is 0.430. The first-order valence-electron chi connectivity index (χ1n) is 3.24. The highest BCUT2D eigenvalue weighted by molar-refractivity contribution is 5.22. The summed E-state index contributed by atoms with van der Waals surface area (Å²) in [6, 6.07) is 0. The summed E-state index contributed by atoms with van der Waals surface area (Å²) in [5, 5.41) is 0. The van der Waals surface area contributed by atoms with E-state index in [-0.39, 0.29) is 0 Å². The van der Waals surface area contributed by atoms with Crippen LogP contribution in [-0.2, 0) is 0 Å². The van der Waals surface area contributed by atoms with E-state index in [0.29, 0.717) is 0 Å². The molecule has 0 radical (unpaired) electrons. The van der Waals surface area contributed by atoms with Crippen molar-refractivity contribution in [3.05, 3.63) is 24.4 Å². The van der Waals surface area contributed by atoms with Crippen molar-refractivity contribution in [3.63, 3.8) is 0 Å². The number of quaternary nitrogens is 1. The van der Waals surface area contributed by atoms with E-state index in [4.69, 9.17) is 0 Å². The maximum Gasteiger partial charge on any atom is 0.128 e. The van der Waals surface area contributed by atoms with Crippen molar-refractivity contribution in [3.8, 4) is 0 Å². The number of rotatable bonds is 0. The Hall–Kier alpha value is -0.560. The van der Waals surface area contributed by atoms with Gasteiger partial charge >= 0.3 is 0 Å². The molecule has 1 rings (SSSR count). The van der Waals surface area contributed by atoms with Crippen molar-refractivity contribution in [2.75, 3.05) is 20.6 Å². The zero-order chi connectivity index (χ0) is 7.07. The molecule has 0 N–H and O–H groups in total. The van der Waals surface area contributed by atoms with Crippen LogP contribution >= 0.6 is 0 Å². The summed E-state index contributed by atoms with van der Waals surface area (Å²) >= 11 is 0. The lowest BCUT2D eigenvalue weighted by atomic mass is 10.2. The highest BCUT2D eigenvalue weighted by Gasteiger charge is 2.29. The number of hydrogen-bond acceptors (Lipinski definition) is 0. The van der Waals surface area contributed by atoms with Crippen LogP contribution in [-0.4, -0.2) is 25.1 Å². The average Bonchev–Trinajstić information content (AvgIpc) is 1.97. The molecule has 1 saturated heterocycles. The molecule has 1 heterocycles. The predicted octanol–water partition coefficient (Wildman–Crippen LogP) is 1.54. The Morgan fingerprint density at radius 3 is 2.00 bits per heavy atom. The van der Waals surface area contributed by atoms with Gasteiger partial charge in [0.15, 0.2) is 0 Å². The van der Waals surface area contributed by atoms with Gasteiger partial charge in [0.2, 0.25) is 0 Å². The van der Waals surface area contributed by atoms with Crippen LogP contribution in [0.15, 0.2) is 24.4 Å². The maximum atomic E-state index is 3.96. The second-order valence-electron chi connectivity index (χ2n) is 3.21. The number of allylic oxidation sites excluding steroid dienone is 1. The lowest BCUT2D eigenvalue weighted by Gasteiger charge is -2.23. The molecule has 50 valence electrons. The molecule has 0 amide bonds. The highest BCUT2D eigenvalue weighted by atomic mass is 15.3. The summed E-state index contributed by atoms with van der Waals surface area (Å²) in [6.45, 7) is 9.04. The lowest BCUT2D eigenvalue weighted by Crippen LogP contribution is -2.33. The molecule has 0 atom stereocenters. The van der Waals surface area contributed by atoms with E-state index in [1.165, 1.54) is 11.3 Å². The van der Waals surface area contributed by atoms with E-state index in [9.17, 15) is 0 Å². The number of likely N-dealkylation sites (N-methyl/N-ethyl adjacent to an activating group) is 1. The molecule has 1 aliphatic rings. The standard InChI is InChI=1S/C8H14N/c1-7-5-6-9(3,4)8(7)2/h1-2,5-6H2,3-4H3/q+1. The fourth-order valence-electron chi connectivity index (χ4n) is 1.12. The van der Waals surface area contributed by atoms with E-state index in [1.807, 2.05) is 0 Å². The Kier molecular flexibility index (Phi) is 1.24. The summed E-state index contributed by atoms with van der Waals surface area (Å²) in [6.07, 6.45) is 1.12. The van der Waals surface area contributed by atoms with Crippen LogP contribution < -0.4 is 0 Å². The van der Waals surface area contributed by atoms with Crippen molar-refractivity contribution in [1.82, 2.24) is 0 Å². The van der Waals surface area contributed by atoms with Gasteiger partial charge in [0.1, 0.15) is 5.70 Å². The second-order valence-corrected chi connectivity index (χ2v) is 3.21. The minimum absolute atomic E-state index is 0.929. The minimum Gasteiger partial charge on any atom is -0.296 e. The first-order chi connectivity index (χ1) is 4.04. The third-order valence-corrected chi connectivity index (χ3v) is 2.11. The summed E-state index contributed by atoms with van der Waals surface area (Å²) in [5.74, 6) is 0. The van der Waals surface area contributed by atoms with Crippen molar-refractivity contribution >= 4 is 0 Å². The average molecular weight is 124 g/mol. The second kappa shape index (κ2) is 1.71. The van der Waals surface area contributed by atoms with E-state index in [2.05, 4.69) is 27.3 Å². The molecule has 0 aliphatic carbocycles. The molecule has 1 aliphatic heterocycles. The molecule has 1 nitrogen and oxygen atoms in total. The molecule has 0 spiro atoms. The monoisotopic (exact) mass is 124 g/mol. The molecule has 0 aromatic heterocycles. The molecule has 0 saturated carbocycles. The molecule has 0 unspecified atom stereocenters. The molecular formula is C8H14N+. The minimum atomic E-state index is 0.929. The topological polar surface area (TPSA) is 0 Å². The normalized spacial score (nSPS) is 25.1. The van der Waals surface area contributed by atoms with Crippen LogP contribution in [0.1, 0.15) is 6.42 Å². The highest BCUT2D eigenvalue weighted by Crippen LogP contribution is 2.27. The number of hydrogen-bond donors (Lipinski definition) is 0. The van der Waals surface area contributed by atoms with Gasteiger partial charge in [0, 0.05) is 12.0 Å². The first-order valence-corrected chi connectivity index (χ1v) is 3.24. The van der Waals surface area contributed by atoms with Gasteiger partial charge in [-0.1, -0.05) is 6.58 Å². The van der Waals surface area contributed by atoms with Crippen LogP contribution in [0.25, 0.3) is 0 Å². The molecule has 9 heavy (non-hydrogen) atoms. The summed E-state index contributed by atoms with van der Waals surface area (Å²) in [7, 11) is 4.33. The summed E-state index contributed by atoms with van der Waals surface area (Å²) in [5.41, 5.74) is 2.41. The Balaban J connectivity index is 2.86. The van der Waals surface area contributed by atoms with E-state index >= 15 is 0 Å². The van der Waals surface area contributed by atoms with Crippen LogP contribution in [0.4, 0.5) is 0 Å². The summed E-state index contributed by atoms with van der Waals surface area (Å²) in [4.78, 5) is 0. The Labute approximate surface area is 56.9 Å². The van der Waals surface area contributed by atoms with Crippen molar-refractivity contribution in [2.24, 2.45) is 0 Å². The van der Waals surface area contributed by atoms with Crippen molar-refractivity contribution < 1.29 is 4.48 Å². The lowest BCUT2D eigenvalue weighted by molar-refractivity contribution is -0.840. The van der Waals surface area contributed by atoms with Gasteiger partial charge in [0.05, 0.1) is 20.6 Å². The van der Waals surface area contributed by atoms with E-state index in [0.717, 1.165) is 17.4 Å². The fourth-order valence-corrected chi connectivity index (χ4v) is 1.12. The van der Waals surface area contributed by atoms with Crippen molar-refractivity contribution in [1.29, 1.82) is 0 Å². The van der Waals surface area contributed by atoms with Crippen molar-refractivity contribution in [2.45, 2.75) is 6.42 Å². The molecule has 1 fully saturated rings. The SMILES string of the molecule is C=C1CC[N+](C)(C)C1=C. The van der Waals surface area contributed by atoms with E-state index in [1.54, 1.807) is 0 Å². The zero-order valence-corrected chi connectivity index (χ0v) is 6.28. The third-order valence-electron chi connectivity index (χ3n) is 2.11. The third kappa shape index (κ3) is 0.924. The molecular weight excluding hydrogens is 110 g/mol. The van der Waals surface area contributed by atoms with Gasteiger partial charge in [-0.25, -0.2) is 0 Å². The predicted molar refractivity (Wildman–Crippen MR) is 39.9 cm³/mol. The maximum absolute atomic E-state index is 3.96. The number of likely N-dealkylation sites (tertiary alicyclic amines) is 1. The zero-order valence-electron chi connectivity index (χ0n) is 6.28.